The van der Waals surface area contributed by atoms with E-state index in [2.05, 4.69) is 0 Å². The topological polar surface area (TPSA) is 71.5 Å². The van der Waals surface area contributed by atoms with E-state index in [4.69, 9.17) is 0 Å². The molecule has 1 heterocycles. The minimum atomic E-state index is -3.40. The molecule has 23 heavy (non-hydrogen) atoms. The van der Waals surface area contributed by atoms with Crippen LogP contribution in [0, 0.1) is 0 Å². The van der Waals surface area contributed by atoms with E-state index in [1.54, 1.807) is 18.2 Å². The zero-order valence-corrected chi connectivity index (χ0v) is 13.9. The Labute approximate surface area is 135 Å². The molecule has 0 radical (unpaired) electrons. The number of hydrogen-bond acceptors (Lipinski definition) is 4. The molecule has 122 valence electrons. The van der Waals surface area contributed by atoms with E-state index >= 15 is 0 Å². The first kappa shape index (κ1) is 15.9. The second-order valence-electron chi connectivity index (χ2n) is 6.13. The van der Waals surface area contributed by atoms with Crippen molar-refractivity contribution in [2.45, 2.75) is 43.5 Å². The molecule has 2 aliphatic rings. The molecule has 2 amide bonds. The van der Waals surface area contributed by atoms with Crippen molar-refractivity contribution < 1.29 is 18.0 Å². The van der Waals surface area contributed by atoms with E-state index in [0.717, 1.165) is 36.7 Å². The Kier molecular flexibility index (Phi) is 4.10. The molecular formula is C17H19NO4S. The first-order chi connectivity index (χ1) is 10.9. The molecule has 5 nitrogen and oxygen atoms in total. The Morgan fingerprint density at radius 1 is 1.09 bits per heavy atom. The summed E-state index contributed by atoms with van der Waals surface area (Å²) in [7, 11) is -3.40. The summed E-state index contributed by atoms with van der Waals surface area (Å²) in [5.74, 6) is -0.488. The maximum absolute atomic E-state index is 12.6. The van der Waals surface area contributed by atoms with Crippen LogP contribution in [0.5, 0.6) is 0 Å². The molecule has 3 rings (SSSR count). The van der Waals surface area contributed by atoms with Gasteiger partial charge in [0.05, 0.1) is 11.4 Å². The number of nitrogens with zero attached hydrogens (tertiary/aromatic N) is 1. The number of benzene rings is 1. The molecule has 1 aromatic carbocycles. The van der Waals surface area contributed by atoms with Gasteiger partial charge in [0, 0.05) is 18.2 Å². The SMILES string of the molecule is CS(=O)(=O)c1ccccc1CN1C(=O)CC2=C(CCCC2)C1=O. The van der Waals surface area contributed by atoms with Gasteiger partial charge in [0.25, 0.3) is 5.91 Å². The first-order valence-electron chi connectivity index (χ1n) is 7.71. The number of rotatable bonds is 3. The predicted octanol–water partition coefficient (Wildman–Crippen LogP) is 2.22. The van der Waals surface area contributed by atoms with Crippen LogP contribution in [-0.4, -0.2) is 31.4 Å². The fourth-order valence-corrected chi connectivity index (χ4v) is 4.24. The van der Waals surface area contributed by atoms with Gasteiger partial charge in [-0.15, -0.1) is 0 Å². The second kappa shape index (κ2) is 5.92. The second-order valence-corrected chi connectivity index (χ2v) is 8.12. The van der Waals surface area contributed by atoms with Crippen molar-refractivity contribution >= 4 is 21.7 Å². The molecule has 1 aromatic rings. The number of hydrogen-bond donors (Lipinski definition) is 0. The van der Waals surface area contributed by atoms with Gasteiger partial charge in [-0.25, -0.2) is 8.42 Å². The summed E-state index contributed by atoms with van der Waals surface area (Å²) in [6.45, 7) is 0.0116. The largest absolute Gasteiger partial charge is 0.274 e. The molecule has 6 heteroatoms. The van der Waals surface area contributed by atoms with Crippen LogP contribution in [0.25, 0.3) is 0 Å². The molecule has 1 aliphatic carbocycles. The number of sulfone groups is 1. The molecule has 1 aliphatic heterocycles. The zero-order chi connectivity index (χ0) is 16.6. The Bertz CT molecular complexity index is 808. The Morgan fingerprint density at radius 2 is 1.78 bits per heavy atom. The van der Waals surface area contributed by atoms with Gasteiger partial charge in [0.2, 0.25) is 5.91 Å². The van der Waals surface area contributed by atoms with E-state index in [0.29, 0.717) is 12.0 Å². The summed E-state index contributed by atoms with van der Waals surface area (Å²) in [5, 5.41) is 0. The number of carbonyl (C=O) groups excluding carboxylic acids is 2. The molecule has 0 unspecified atom stereocenters. The maximum atomic E-state index is 12.6. The molecule has 0 N–H and O–H groups in total. The smallest absolute Gasteiger partial charge is 0.256 e. The minimum Gasteiger partial charge on any atom is -0.274 e. The quantitative estimate of drug-likeness (QED) is 0.795. The van der Waals surface area contributed by atoms with Crippen molar-refractivity contribution in [2.24, 2.45) is 0 Å². The van der Waals surface area contributed by atoms with Crippen LogP contribution >= 0.6 is 0 Å². The molecule has 0 atom stereocenters. The third-order valence-electron chi connectivity index (χ3n) is 4.45. The predicted molar refractivity (Wildman–Crippen MR) is 85.2 cm³/mol. The molecule has 0 bridgehead atoms. The van der Waals surface area contributed by atoms with E-state index in [1.165, 1.54) is 11.0 Å². The van der Waals surface area contributed by atoms with Crippen LogP contribution in [0.1, 0.15) is 37.7 Å². The summed E-state index contributed by atoms with van der Waals surface area (Å²) in [6.07, 6.45) is 4.94. The molecule has 0 spiro atoms. The third-order valence-corrected chi connectivity index (χ3v) is 5.65. The fraction of sp³-hybridized carbons (Fsp3) is 0.412. The lowest BCUT2D eigenvalue weighted by Crippen LogP contribution is -2.42. The average Bonchev–Trinajstić information content (AvgIpc) is 2.51. The summed E-state index contributed by atoms with van der Waals surface area (Å²) in [5.41, 5.74) is 2.21. The highest BCUT2D eigenvalue weighted by Gasteiger charge is 2.34. The van der Waals surface area contributed by atoms with Crippen molar-refractivity contribution in [3.05, 3.63) is 41.0 Å². The monoisotopic (exact) mass is 333 g/mol. The minimum absolute atomic E-state index is 0.0116. The van der Waals surface area contributed by atoms with Crippen LogP contribution in [0.3, 0.4) is 0 Å². The number of carbonyl (C=O) groups is 2. The summed E-state index contributed by atoms with van der Waals surface area (Å²) in [4.78, 5) is 26.4. The molecular weight excluding hydrogens is 314 g/mol. The van der Waals surface area contributed by atoms with E-state index < -0.39 is 9.84 Å². The van der Waals surface area contributed by atoms with E-state index in [9.17, 15) is 18.0 Å². The molecule has 0 fully saturated rings. The van der Waals surface area contributed by atoms with Crippen LogP contribution in [-0.2, 0) is 26.0 Å². The highest BCUT2D eigenvalue weighted by Crippen LogP contribution is 2.33. The van der Waals surface area contributed by atoms with Crippen molar-refractivity contribution in [1.82, 2.24) is 4.90 Å². The van der Waals surface area contributed by atoms with Gasteiger partial charge < -0.3 is 0 Å². The Morgan fingerprint density at radius 3 is 2.52 bits per heavy atom. The summed E-state index contributed by atoms with van der Waals surface area (Å²) >= 11 is 0. The highest BCUT2D eigenvalue weighted by molar-refractivity contribution is 7.90. The maximum Gasteiger partial charge on any atom is 0.256 e. The zero-order valence-electron chi connectivity index (χ0n) is 13.0. The molecule has 0 saturated heterocycles. The van der Waals surface area contributed by atoms with Gasteiger partial charge in [0.15, 0.2) is 9.84 Å². The highest BCUT2D eigenvalue weighted by atomic mass is 32.2. The average molecular weight is 333 g/mol. The van der Waals surface area contributed by atoms with Gasteiger partial charge >= 0.3 is 0 Å². The standard InChI is InChI=1S/C17H19NO4S/c1-23(21,22)15-9-5-3-7-13(15)11-18-16(19)10-12-6-2-4-8-14(12)17(18)20/h3,5,7,9H,2,4,6,8,10-11H2,1H3. The fourth-order valence-electron chi connectivity index (χ4n) is 3.30. The molecule has 0 saturated carbocycles. The van der Waals surface area contributed by atoms with E-state index in [-0.39, 0.29) is 29.7 Å². The van der Waals surface area contributed by atoms with Crippen molar-refractivity contribution in [2.75, 3.05) is 6.26 Å². The number of imide groups is 1. The lowest BCUT2D eigenvalue weighted by Gasteiger charge is -2.31. The lowest BCUT2D eigenvalue weighted by atomic mass is 9.86. The van der Waals surface area contributed by atoms with Gasteiger partial charge in [-0.3, -0.25) is 14.5 Å². The summed E-state index contributed by atoms with van der Waals surface area (Å²) in [6, 6.07) is 6.52. The van der Waals surface area contributed by atoms with Crippen molar-refractivity contribution in [1.29, 1.82) is 0 Å². The molecule has 0 aromatic heterocycles. The first-order valence-corrected chi connectivity index (χ1v) is 9.60. The Hall–Kier alpha value is -1.95. The Balaban J connectivity index is 1.94. The van der Waals surface area contributed by atoms with Gasteiger partial charge in [-0.1, -0.05) is 23.8 Å². The van der Waals surface area contributed by atoms with Crippen LogP contribution < -0.4 is 0 Å². The van der Waals surface area contributed by atoms with E-state index in [1.807, 2.05) is 0 Å². The summed E-state index contributed by atoms with van der Waals surface area (Å²) < 4.78 is 23.8. The van der Waals surface area contributed by atoms with Crippen LogP contribution in [0.4, 0.5) is 0 Å². The van der Waals surface area contributed by atoms with Gasteiger partial charge in [-0.2, -0.15) is 0 Å². The third kappa shape index (κ3) is 3.08. The normalized spacial score (nSPS) is 19.1. The van der Waals surface area contributed by atoms with Crippen LogP contribution in [0.2, 0.25) is 0 Å². The number of amides is 2. The lowest BCUT2D eigenvalue weighted by molar-refractivity contribution is -0.144. The van der Waals surface area contributed by atoms with Gasteiger partial charge in [0.1, 0.15) is 0 Å². The van der Waals surface area contributed by atoms with Crippen LogP contribution in [0.15, 0.2) is 40.3 Å². The van der Waals surface area contributed by atoms with Crippen molar-refractivity contribution in [3.8, 4) is 0 Å². The van der Waals surface area contributed by atoms with Gasteiger partial charge in [-0.05, 0) is 37.3 Å². The van der Waals surface area contributed by atoms with Crippen molar-refractivity contribution in [3.63, 3.8) is 0 Å².